The Bertz CT molecular complexity index is 407. The number of aliphatic hydroxyl groups excluding tert-OH is 3. The second-order valence-electron chi connectivity index (χ2n) is 4.68. The summed E-state index contributed by atoms with van der Waals surface area (Å²) in [6.07, 6.45) is 2.14. The van der Waals surface area contributed by atoms with Crippen molar-refractivity contribution in [2.75, 3.05) is 19.8 Å². The number of aldehydes is 2. The molecular formula is C15H22O5. The first-order valence-electron chi connectivity index (χ1n) is 6.36. The molecule has 112 valence electrons. The van der Waals surface area contributed by atoms with Crippen molar-refractivity contribution in [3.63, 3.8) is 0 Å². The van der Waals surface area contributed by atoms with Crippen LogP contribution in [0.2, 0.25) is 0 Å². The largest absolute Gasteiger partial charge is 0.396 e. The lowest BCUT2D eigenvalue weighted by molar-refractivity contribution is 0.00304. The van der Waals surface area contributed by atoms with Crippen molar-refractivity contribution in [2.24, 2.45) is 5.41 Å². The maximum Gasteiger partial charge on any atom is 0.150 e. The van der Waals surface area contributed by atoms with Crippen molar-refractivity contribution in [3.8, 4) is 0 Å². The summed E-state index contributed by atoms with van der Waals surface area (Å²) in [6, 6.07) is 4.96. The highest BCUT2D eigenvalue weighted by Crippen LogP contribution is 2.18. The summed E-state index contributed by atoms with van der Waals surface area (Å²) in [6.45, 7) is 3.16. The lowest BCUT2D eigenvalue weighted by atomic mass is 9.88. The van der Waals surface area contributed by atoms with Crippen LogP contribution in [0.3, 0.4) is 0 Å². The molecule has 0 aliphatic carbocycles. The quantitative estimate of drug-likeness (QED) is 0.676. The molecule has 0 aromatic heterocycles. The SMILES string of the molecule is CCC(CO)(CO)CO.Cc1cc(C=O)ccc1C=O. The van der Waals surface area contributed by atoms with E-state index in [1.54, 1.807) is 25.1 Å². The van der Waals surface area contributed by atoms with E-state index >= 15 is 0 Å². The monoisotopic (exact) mass is 282 g/mol. The van der Waals surface area contributed by atoms with E-state index in [0.29, 0.717) is 17.5 Å². The van der Waals surface area contributed by atoms with Crippen LogP contribution in [0.5, 0.6) is 0 Å². The number of aryl methyl sites for hydroxylation is 1. The molecule has 0 atom stereocenters. The van der Waals surface area contributed by atoms with Gasteiger partial charge >= 0.3 is 0 Å². The summed E-state index contributed by atoms with van der Waals surface area (Å²) in [4.78, 5) is 20.6. The minimum atomic E-state index is -0.667. The van der Waals surface area contributed by atoms with Gasteiger partial charge in [0.15, 0.2) is 0 Å². The Hall–Kier alpha value is -1.56. The Morgan fingerprint density at radius 3 is 1.85 bits per heavy atom. The first-order chi connectivity index (χ1) is 9.52. The molecule has 0 aliphatic rings. The highest BCUT2D eigenvalue weighted by molar-refractivity contribution is 5.81. The van der Waals surface area contributed by atoms with Crippen LogP contribution in [0.15, 0.2) is 18.2 Å². The number of hydrogen-bond donors (Lipinski definition) is 3. The summed E-state index contributed by atoms with van der Waals surface area (Å²) < 4.78 is 0. The number of carbonyl (C=O) groups excluding carboxylic acids is 2. The van der Waals surface area contributed by atoms with Gasteiger partial charge in [-0.2, -0.15) is 0 Å². The van der Waals surface area contributed by atoms with E-state index in [1.807, 2.05) is 6.92 Å². The van der Waals surface area contributed by atoms with Crippen molar-refractivity contribution < 1.29 is 24.9 Å². The van der Waals surface area contributed by atoms with Crippen LogP contribution in [0.25, 0.3) is 0 Å². The van der Waals surface area contributed by atoms with Gasteiger partial charge in [-0.1, -0.05) is 19.1 Å². The molecule has 5 nitrogen and oxygen atoms in total. The smallest absolute Gasteiger partial charge is 0.150 e. The number of hydrogen-bond acceptors (Lipinski definition) is 5. The lowest BCUT2D eigenvalue weighted by Gasteiger charge is -2.24. The molecule has 0 unspecified atom stereocenters. The third-order valence-electron chi connectivity index (χ3n) is 3.31. The second kappa shape index (κ2) is 9.36. The van der Waals surface area contributed by atoms with Crippen molar-refractivity contribution in [2.45, 2.75) is 20.3 Å². The van der Waals surface area contributed by atoms with Gasteiger partial charge < -0.3 is 15.3 Å². The van der Waals surface area contributed by atoms with Crippen molar-refractivity contribution >= 4 is 12.6 Å². The Balaban J connectivity index is 0.000000370. The fourth-order valence-corrected chi connectivity index (χ4v) is 1.39. The molecule has 0 spiro atoms. The van der Waals surface area contributed by atoms with Crippen LogP contribution >= 0.6 is 0 Å². The first kappa shape index (κ1) is 18.4. The van der Waals surface area contributed by atoms with Gasteiger partial charge in [-0.25, -0.2) is 0 Å². The Kier molecular flexibility index (Phi) is 8.63. The highest BCUT2D eigenvalue weighted by atomic mass is 16.3. The van der Waals surface area contributed by atoms with Crippen LogP contribution in [-0.2, 0) is 0 Å². The van der Waals surface area contributed by atoms with Crippen LogP contribution in [0.4, 0.5) is 0 Å². The molecule has 3 N–H and O–H groups in total. The summed E-state index contributed by atoms with van der Waals surface area (Å²) in [7, 11) is 0. The molecule has 0 saturated carbocycles. The minimum Gasteiger partial charge on any atom is -0.396 e. The fraction of sp³-hybridized carbons (Fsp3) is 0.467. The van der Waals surface area contributed by atoms with E-state index in [2.05, 4.69) is 0 Å². The van der Waals surface area contributed by atoms with Gasteiger partial charge in [0.1, 0.15) is 12.6 Å². The molecule has 0 radical (unpaired) electrons. The molecule has 0 amide bonds. The standard InChI is InChI=1S/C9H8O2.C6H14O3/c1-7-4-8(5-10)2-3-9(7)6-11;1-2-6(3-7,4-8)5-9/h2-6H,1H3;7-9H,2-5H2,1H3. The highest BCUT2D eigenvalue weighted by Gasteiger charge is 2.24. The van der Waals surface area contributed by atoms with E-state index in [0.717, 1.165) is 18.1 Å². The van der Waals surface area contributed by atoms with Gasteiger partial charge in [0.25, 0.3) is 0 Å². The first-order valence-corrected chi connectivity index (χ1v) is 6.36. The molecule has 0 heterocycles. The topological polar surface area (TPSA) is 94.8 Å². The normalized spacial score (nSPS) is 10.4. The average Bonchev–Trinajstić information content (AvgIpc) is 2.50. The third kappa shape index (κ3) is 5.21. The summed E-state index contributed by atoms with van der Waals surface area (Å²) in [5.41, 5.74) is 1.41. The molecule has 0 saturated heterocycles. The van der Waals surface area contributed by atoms with Gasteiger partial charge in [-0.15, -0.1) is 0 Å². The summed E-state index contributed by atoms with van der Waals surface area (Å²) in [5.74, 6) is 0. The second-order valence-corrected chi connectivity index (χ2v) is 4.68. The zero-order valence-corrected chi connectivity index (χ0v) is 11.9. The van der Waals surface area contributed by atoms with Crippen molar-refractivity contribution in [1.29, 1.82) is 0 Å². The summed E-state index contributed by atoms with van der Waals surface area (Å²) in [5, 5.41) is 26.0. The molecule has 1 rings (SSSR count). The number of rotatable bonds is 6. The van der Waals surface area contributed by atoms with Crippen molar-refractivity contribution in [1.82, 2.24) is 0 Å². The Labute approximate surface area is 118 Å². The molecule has 1 aromatic rings. The molecular weight excluding hydrogens is 260 g/mol. The molecule has 20 heavy (non-hydrogen) atoms. The zero-order chi connectivity index (χ0) is 15.6. The third-order valence-corrected chi connectivity index (χ3v) is 3.31. The number of benzene rings is 1. The van der Waals surface area contributed by atoms with E-state index in [4.69, 9.17) is 15.3 Å². The molecule has 1 aromatic carbocycles. The average molecular weight is 282 g/mol. The van der Waals surface area contributed by atoms with Gasteiger partial charge in [-0.05, 0) is 25.0 Å². The Morgan fingerprint density at radius 2 is 1.60 bits per heavy atom. The minimum absolute atomic E-state index is 0.156. The van der Waals surface area contributed by atoms with Crippen LogP contribution in [0.1, 0.15) is 39.6 Å². The molecule has 0 fully saturated rings. The zero-order valence-electron chi connectivity index (χ0n) is 11.9. The van der Waals surface area contributed by atoms with Gasteiger partial charge in [-0.3, -0.25) is 9.59 Å². The molecule has 0 bridgehead atoms. The van der Waals surface area contributed by atoms with Crippen LogP contribution in [0, 0.1) is 12.3 Å². The fourth-order valence-electron chi connectivity index (χ4n) is 1.39. The van der Waals surface area contributed by atoms with Crippen LogP contribution in [-0.4, -0.2) is 47.7 Å². The Morgan fingerprint density at radius 1 is 1.05 bits per heavy atom. The van der Waals surface area contributed by atoms with Crippen molar-refractivity contribution in [3.05, 3.63) is 34.9 Å². The molecule has 5 heteroatoms. The number of aliphatic hydroxyl groups is 3. The van der Waals surface area contributed by atoms with Gasteiger partial charge in [0, 0.05) is 16.5 Å². The predicted molar refractivity (Wildman–Crippen MR) is 75.9 cm³/mol. The number of carbonyl (C=O) groups is 2. The van der Waals surface area contributed by atoms with Gasteiger partial charge in [0.2, 0.25) is 0 Å². The molecule has 0 aliphatic heterocycles. The summed E-state index contributed by atoms with van der Waals surface area (Å²) >= 11 is 0. The van der Waals surface area contributed by atoms with E-state index in [-0.39, 0.29) is 19.8 Å². The van der Waals surface area contributed by atoms with E-state index in [9.17, 15) is 9.59 Å². The van der Waals surface area contributed by atoms with E-state index < -0.39 is 5.41 Å². The van der Waals surface area contributed by atoms with Gasteiger partial charge in [0.05, 0.1) is 19.8 Å². The maximum absolute atomic E-state index is 10.3. The van der Waals surface area contributed by atoms with E-state index in [1.165, 1.54) is 0 Å². The lowest BCUT2D eigenvalue weighted by Crippen LogP contribution is -2.32. The predicted octanol–water partition coefficient (Wildman–Crippen LogP) is 0.980. The van der Waals surface area contributed by atoms with Crippen LogP contribution < -0.4 is 0 Å². The maximum atomic E-state index is 10.3.